The second-order valence-electron chi connectivity index (χ2n) is 9.01. The molecule has 0 saturated carbocycles. The summed E-state index contributed by atoms with van der Waals surface area (Å²) >= 11 is 6.19. The van der Waals surface area contributed by atoms with Gasteiger partial charge < -0.3 is 15.0 Å². The molecule has 1 N–H and O–H groups in total. The minimum atomic E-state index is -4.19. The zero-order chi connectivity index (χ0) is 27.9. The number of nitrogens with one attached hydrogen (secondary N) is 1. The molecular formula is C28H32ClN3O5S. The second kappa shape index (κ2) is 12.8. The lowest BCUT2D eigenvalue weighted by molar-refractivity contribution is -0.139. The van der Waals surface area contributed by atoms with Crippen molar-refractivity contribution in [3.8, 4) is 5.75 Å². The van der Waals surface area contributed by atoms with Crippen LogP contribution in [-0.2, 0) is 26.2 Å². The Morgan fingerprint density at radius 3 is 2.18 bits per heavy atom. The minimum absolute atomic E-state index is 0.0220. The van der Waals surface area contributed by atoms with Crippen LogP contribution in [0.4, 0.5) is 5.69 Å². The number of amides is 2. The Labute approximate surface area is 229 Å². The smallest absolute Gasteiger partial charge is 0.264 e. The summed E-state index contributed by atoms with van der Waals surface area (Å²) in [5, 5.41) is 3.14. The third-order valence-electron chi connectivity index (χ3n) is 5.82. The van der Waals surface area contributed by atoms with Gasteiger partial charge in [-0.3, -0.25) is 13.9 Å². The Morgan fingerprint density at radius 2 is 1.61 bits per heavy atom. The molecule has 0 heterocycles. The van der Waals surface area contributed by atoms with Gasteiger partial charge in [0.25, 0.3) is 10.0 Å². The van der Waals surface area contributed by atoms with E-state index < -0.39 is 28.5 Å². The number of methoxy groups -OCH3 is 1. The molecule has 3 aromatic rings. The second-order valence-corrected chi connectivity index (χ2v) is 11.3. The maximum absolute atomic E-state index is 13.8. The van der Waals surface area contributed by atoms with Crippen molar-refractivity contribution in [2.75, 3.05) is 18.0 Å². The van der Waals surface area contributed by atoms with Crippen LogP contribution in [-0.4, -0.2) is 50.9 Å². The molecule has 1 unspecified atom stereocenters. The van der Waals surface area contributed by atoms with Gasteiger partial charge >= 0.3 is 0 Å². The van der Waals surface area contributed by atoms with Gasteiger partial charge in [0.1, 0.15) is 18.3 Å². The number of anilines is 1. The first-order valence-electron chi connectivity index (χ1n) is 12.1. The fourth-order valence-electron chi connectivity index (χ4n) is 3.80. The number of carbonyl (C=O) groups is 2. The Bertz CT molecular complexity index is 1350. The van der Waals surface area contributed by atoms with Crippen molar-refractivity contribution in [3.63, 3.8) is 0 Å². The van der Waals surface area contributed by atoms with Crippen molar-refractivity contribution in [2.45, 2.75) is 44.3 Å². The number of nitrogens with zero attached hydrogens (tertiary/aromatic N) is 2. The van der Waals surface area contributed by atoms with E-state index in [-0.39, 0.29) is 29.1 Å². The van der Waals surface area contributed by atoms with Gasteiger partial charge in [-0.15, -0.1) is 0 Å². The molecule has 38 heavy (non-hydrogen) atoms. The lowest BCUT2D eigenvalue weighted by Gasteiger charge is -2.32. The van der Waals surface area contributed by atoms with Gasteiger partial charge in [0.2, 0.25) is 11.8 Å². The van der Waals surface area contributed by atoms with E-state index >= 15 is 0 Å². The van der Waals surface area contributed by atoms with Crippen LogP contribution >= 0.6 is 11.6 Å². The Balaban J connectivity index is 2.02. The van der Waals surface area contributed by atoms with Crippen LogP contribution in [0.5, 0.6) is 5.75 Å². The van der Waals surface area contributed by atoms with Crippen molar-refractivity contribution in [2.24, 2.45) is 0 Å². The highest BCUT2D eigenvalue weighted by Gasteiger charge is 2.32. The van der Waals surface area contributed by atoms with Crippen LogP contribution in [0.15, 0.2) is 83.8 Å². The van der Waals surface area contributed by atoms with Gasteiger partial charge in [-0.2, -0.15) is 0 Å². The van der Waals surface area contributed by atoms with E-state index in [1.165, 1.54) is 42.3 Å². The van der Waals surface area contributed by atoms with Gasteiger partial charge in [-0.1, -0.05) is 48.0 Å². The number of benzene rings is 3. The van der Waals surface area contributed by atoms with Gasteiger partial charge in [0, 0.05) is 17.6 Å². The van der Waals surface area contributed by atoms with Crippen LogP contribution in [0.1, 0.15) is 26.3 Å². The quantitative estimate of drug-likeness (QED) is 0.375. The maximum atomic E-state index is 13.8. The Kier molecular flexibility index (Phi) is 9.77. The van der Waals surface area contributed by atoms with Crippen molar-refractivity contribution in [1.82, 2.24) is 10.2 Å². The summed E-state index contributed by atoms with van der Waals surface area (Å²) in [5.41, 5.74) is 1.03. The van der Waals surface area contributed by atoms with Crippen LogP contribution in [0.3, 0.4) is 0 Å². The van der Waals surface area contributed by atoms with E-state index in [1.807, 2.05) is 44.2 Å². The predicted octanol–water partition coefficient (Wildman–Crippen LogP) is 4.49. The monoisotopic (exact) mass is 557 g/mol. The zero-order valence-electron chi connectivity index (χ0n) is 21.8. The van der Waals surface area contributed by atoms with E-state index in [1.54, 1.807) is 25.1 Å². The van der Waals surface area contributed by atoms with E-state index in [0.717, 1.165) is 9.87 Å². The molecule has 0 aliphatic carbocycles. The summed E-state index contributed by atoms with van der Waals surface area (Å²) in [5.74, 6) is -0.387. The molecule has 202 valence electrons. The normalized spacial score (nSPS) is 12.1. The zero-order valence-corrected chi connectivity index (χ0v) is 23.4. The lowest BCUT2D eigenvalue weighted by Crippen LogP contribution is -2.52. The number of hydrogen-bond acceptors (Lipinski definition) is 5. The number of sulfonamides is 1. The van der Waals surface area contributed by atoms with Crippen LogP contribution in [0.25, 0.3) is 0 Å². The summed E-state index contributed by atoms with van der Waals surface area (Å²) in [6.07, 6.45) is 0. The van der Waals surface area contributed by atoms with Crippen LogP contribution in [0, 0.1) is 0 Å². The molecule has 10 heteroatoms. The summed E-state index contributed by atoms with van der Waals surface area (Å²) < 4.78 is 33.8. The SMILES string of the molecule is COc1ccc(S(=O)(=O)N(CC(=O)N(Cc2ccccc2)C(C)C(=O)NC(C)C)c2cccc(Cl)c2)cc1. The van der Waals surface area contributed by atoms with Gasteiger partial charge in [0.05, 0.1) is 17.7 Å². The highest BCUT2D eigenvalue weighted by atomic mass is 35.5. The first-order valence-corrected chi connectivity index (χ1v) is 13.9. The molecule has 3 rings (SSSR count). The first kappa shape index (κ1) is 29.0. The molecule has 8 nitrogen and oxygen atoms in total. The standard InChI is InChI=1S/C28H32ClN3O5S/c1-20(2)30-28(34)21(3)31(18-22-9-6-5-7-10-22)27(33)19-32(24-12-8-11-23(29)17-24)38(35,36)26-15-13-25(37-4)14-16-26/h5-17,20-21H,18-19H2,1-4H3,(H,30,34). The molecule has 0 aliphatic heterocycles. The fourth-order valence-corrected chi connectivity index (χ4v) is 5.39. The van der Waals surface area contributed by atoms with E-state index in [4.69, 9.17) is 16.3 Å². The summed E-state index contributed by atoms with van der Waals surface area (Å²) in [6, 6.07) is 20.4. The molecule has 0 bridgehead atoms. The Morgan fingerprint density at radius 1 is 0.947 bits per heavy atom. The number of carbonyl (C=O) groups excluding carboxylic acids is 2. The highest BCUT2D eigenvalue weighted by molar-refractivity contribution is 7.92. The molecule has 0 aliphatic rings. The molecule has 0 fully saturated rings. The van der Waals surface area contributed by atoms with E-state index in [2.05, 4.69) is 5.32 Å². The molecule has 3 aromatic carbocycles. The summed E-state index contributed by atoms with van der Waals surface area (Å²) in [4.78, 5) is 28.1. The summed E-state index contributed by atoms with van der Waals surface area (Å²) in [7, 11) is -2.71. The third kappa shape index (κ3) is 7.26. The number of rotatable bonds is 11. The van der Waals surface area contributed by atoms with Crippen molar-refractivity contribution >= 4 is 39.1 Å². The highest BCUT2D eigenvalue weighted by Crippen LogP contribution is 2.27. The van der Waals surface area contributed by atoms with E-state index in [9.17, 15) is 18.0 Å². The molecule has 1 atom stereocenters. The number of halogens is 1. The molecular weight excluding hydrogens is 526 g/mol. The van der Waals surface area contributed by atoms with E-state index in [0.29, 0.717) is 10.8 Å². The van der Waals surface area contributed by atoms with Crippen LogP contribution < -0.4 is 14.4 Å². The number of ether oxygens (including phenoxy) is 1. The molecule has 2 amide bonds. The lowest BCUT2D eigenvalue weighted by atomic mass is 10.1. The molecule has 0 aromatic heterocycles. The third-order valence-corrected chi connectivity index (χ3v) is 7.84. The summed E-state index contributed by atoms with van der Waals surface area (Å²) in [6.45, 7) is 4.87. The van der Waals surface area contributed by atoms with Crippen LogP contribution in [0.2, 0.25) is 5.02 Å². The van der Waals surface area contributed by atoms with Crippen molar-refractivity contribution < 1.29 is 22.7 Å². The minimum Gasteiger partial charge on any atom is -0.497 e. The van der Waals surface area contributed by atoms with Gasteiger partial charge in [-0.25, -0.2) is 8.42 Å². The largest absolute Gasteiger partial charge is 0.497 e. The first-order chi connectivity index (χ1) is 18.0. The average molecular weight is 558 g/mol. The molecule has 0 saturated heterocycles. The maximum Gasteiger partial charge on any atom is 0.264 e. The van der Waals surface area contributed by atoms with Gasteiger partial charge in [-0.05, 0) is 68.8 Å². The van der Waals surface area contributed by atoms with Gasteiger partial charge in [0.15, 0.2) is 0 Å². The molecule has 0 spiro atoms. The molecule has 0 radical (unpaired) electrons. The average Bonchev–Trinajstić information content (AvgIpc) is 2.90. The van der Waals surface area contributed by atoms with Crippen molar-refractivity contribution in [1.29, 1.82) is 0 Å². The topological polar surface area (TPSA) is 96.0 Å². The van der Waals surface area contributed by atoms with Crippen molar-refractivity contribution in [3.05, 3.63) is 89.4 Å². The predicted molar refractivity (Wildman–Crippen MR) is 149 cm³/mol. The Hall–Kier alpha value is -3.56. The number of hydrogen-bond donors (Lipinski definition) is 1. The fraction of sp³-hybridized carbons (Fsp3) is 0.286.